The highest BCUT2D eigenvalue weighted by Crippen LogP contribution is 2.18. The van der Waals surface area contributed by atoms with Crippen molar-refractivity contribution in [3.8, 4) is 5.88 Å². The molecule has 2 rings (SSSR count). The van der Waals surface area contributed by atoms with Crippen molar-refractivity contribution in [1.82, 2.24) is 14.9 Å². The maximum absolute atomic E-state index is 5.80. The second-order valence-electron chi connectivity index (χ2n) is 5.32. The summed E-state index contributed by atoms with van der Waals surface area (Å²) in [6, 6.07) is 2.28. The van der Waals surface area contributed by atoms with E-state index in [0.717, 1.165) is 25.3 Å². The number of hydrogen-bond donors (Lipinski definition) is 2. The van der Waals surface area contributed by atoms with Crippen molar-refractivity contribution in [3.05, 3.63) is 6.07 Å². The van der Waals surface area contributed by atoms with Gasteiger partial charge in [-0.25, -0.2) is 0 Å². The molecule has 1 aliphatic rings. The molecule has 1 fully saturated rings. The Hall–Kier alpha value is -1.56. The highest BCUT2D eigenvalue weighted by molar-refractivity contribution is 5.42. The molecular weight excluding hydrogens is 254 g/mol. The minimum Gasteiger partial charge on any atom is -0.476 e. The van der Waals surface area contributed by atoms with Gasteiger partial charge in [0.2, 0.25) is 11.8 Å². The van der Waals surface area contributed by atoms with Crippen molar-refractivity contribution in [3.63, 3.8) is 0 Å². The van der Waals surface area contributed by atoms with Crippen LogP contribution in [0.25, 0.3) is 0 Å². The predicted molar refractivity (Wildman–Crippen MR) is 81.0 cm³/mol. The Morgan fingerprint density at radius 1 is 1.45 bits per heavy atom. The van der Waals surface area contributed by atoms with Gasteiger partial charge in [0, 0.05) is 18.7 Å². The van der Waals surface area contributed by atoms with Gasteiger partial charge in [-0.1, -0.05) is 13.3 Å². The molecule has 1 aromatic heterocycles. The number of aromatic nitrogens is 2. The molecule has 1 unspecified atom stereocenters. The number of likely N-dealkylation sites (N-methyl/N-ethyl adjacent to an activating group) is 1. The quantitative estimate of drug-likeness (QED) is 0.826. The lowest BCUT2D eigenvalue weighted by Gasteiger charge is -2.31. The average molecular weight is 279 g/mol. The highest BCUT2D eigenvalue weighted by Gasteiger charge is 2.19. The van der Waals surface area contributed by atoms with Crippen molar-refractivity contribution < 1.29 is 4.74 Å². The smallest absolute Gasteiger partial charge is 0.225 e. The van der Waals surface area contributed by atoms with Crippen molar-refractivity contribution in [2.45, 2.75) is 38.6 Å². The second-order valence-corrected chi connectivity index (χ2v) is 5.32. The monoisotopic (exact) mass is 279 g/mol. The number of nitrogen functional groups attached to an aromatic ring is 1. The topological polar surface area (TPSA) is 76.3 Å². The summed E-state index contributed by atoms with van der Waals surface area (Å²) in [5.74, 6) is 1.53. The number of ether oxygens (including phenoxy) is 1. The first-order chi connectivity index (χ1) is 9.69. The Kier molecular flexibility index (Phi) is 5.40. The normalized spacial score (nSPS) is 19.8. The maximum atomic E-state index is 5.80. The molecule has 6 heteroatoms. The van der Waals surface area contributed by atoms with Crippen LogP contribution in [0, 0.1) is 0 Å². The summed E-state index contributed by atoms with van der Waals surface area (Å²) in [7, 11) is 2.15. The SMILES string of the molecule is CCCNc1cc(OCC2CCCCN2C)nc(N)n1. The van der Waals surface area contributed by atoms with E-state index in [4.69, 9.17) is 10.5 Å². The molecule has 6 nitrogen and oxygen atoms in total. The Labute approximate surface area is 120 Å². The first-order valence-electron chi connectivity index (χ1n) is 7.40. The van der Waals surface area contributed by atoms with Gasteiger partial charge in [0.1, 0.15) is 12.4 Å². The van der Waals surface area contributed by atoms with Crippen molar-refractivity contribution in [2.24, 2.45) is 0 Å². The van der Waals surface area contributed by atoms with Gasteiger partial charge in [0.15, 0.2) is 0 Å². The molecule has 112 valence electrons. The van der Waals surface area contributed by atoms with Crippen LogP contribution in [0.15, 0.2) is 6.07 Å². The molecule has 0 saturated carbocycles. The van der Waals surface area contributed by atoms with Crippen LogP contribution in [-0.2, 0) is 0 Å². The summed E-state index contributed by atoms with van der Waals surface area (Å²) in [6.45, 7) is 4.76. The number of nitrogens with two attached hydrogens (primary N) is 1. The van der Waals surface area contributed by atoms with Gasteiger partial charge in [0.25, 0.3) is 0 Å². The van der Waals surface area contributed by atoms with E-state index in [2.05, 4.69) is 34.2 Å². The molecule has 0 aliphatic carbocycles. The molecule has 0 spiro atoms. The van der Waals surface area contributed by atoms with Crippen LogP contribution in [0.5, 0.6) is 5.88 Å². The number of anilines is 2. The van der Waals surface area contributed by atoms with Crippen LogP contribution in [0.1, 0.15) is 32.6 Å². The second kappa shape index (κ2) is 7.28. The summed E-state index contributed by atoms with van der Waals surface area (Å²) in [6.07, 6.45) is 4.76. The lowest BCUT2D eigenvalue weighted by atomic mass is 10.0. The molecule has 0 bridgehead atoms. The Morgan fingerprint density at radius 2 is 2.30 bits per heavy atom. The van der Waals surface area contributed by atoms with E-state index in [1.165, 1.54) is 19.3 Å². The fraction of sp³-hybridized carbons (Fsp3) is 0.714. The summed E-state index contributed by atoms with van der Waals surface area (Å²) in [4.78, 5) is 10.6. The first-order valence-corrected chi connectivity index (χ1v) is 7.40. The van der Waals surface area contributed by atoms with Gasteiger partial charge >= 0.3 is 0 Å². The maximum Gasteiger partial charge on any atom is 0.225 e. The minimum absolute atomic E-state index is 0.248. The molecule has 1 aliphatic heterocycles. The molecule has 1 saturated heterocycles. The molecule has 20 heavy (non-hydrogen) atoms. The zero-order valence-corrected chi connectivity index (χ0v) is 12.4. The van der Waals surface area contributed by atoms with E-state index in [9.17, 15) is 0 Å². The van der Waals surface area contributed by atoms with Crippen LogP contribution in [0.2, 0.25) is 0 Å². The molecule has 0 radical (unpaired) electrons. The Morgan fingerprint density at radius 3 is 3.05 bits per heavy atom. The molecule has 1 atom stereocenters. The summed E-state index contributed by atoms with van der Waals surface area (Å²) < 4.78 is 5.80. The lowest BCUT2D eigenvalue weighted by molar-refractivity contribution is 0.122. The Bertz CT molecular complexity index is 426. The molecular formula is C14H25N5O. The fourth-order valence-electron chi connectivity index (χ4n) is 2.40. The van der Waals surface area contributed by atoms with Gasteiger partial charge in [-0.15, -0.1) is 0 Å². The highest BCUT2D eigenvalue weighted by atomic mass is 16.5. The largest absolute Gasteiger partial charge is 0.476 e. The molecule has 3 N–H and O–H groups in total. The molecule has 1 aromatic rings. The van der Waals surface area contributed by atoms with Gasteiger partial charge in [-0.2, -0.15) is 9.97 Å². The summed E-state index contributed by atoms with van der Waals surface area (Å²) in [5, 5.41) is 3.20. The van der Waals surface area contributed by atoms with E-state index >= 15 is 0 Å². The molecule has 0 aromatic carbocycles. The number of piperidine rings is 1. The van der Waals surface area contributed by atoms with Crippen LogP contribution in [-0.4, -0.2) is 47.7 Å². The summed E-state index contributed by atoms with van der Waals surface area (Å²) >= 11 is 0. The third kappa shape index (κ3) is 4.23. The van der Waals surface area contributed by atoms with E-state index in [-0.39, 0.29) is 5.95 Å². The zero-order valence-electron chi connectivity index (χ0n) is 12.4. The van der Waals surface area contributed by atoms with Crippen molar-refractivity contribution in [2.75, 3.05) is 37.8 Å². The third-order valence-electron chi connectivity index (χ3n) is 3.62. The first kappa shape index (κ1) is 14.8. The fourth-order valence-corrected chi connectivity index (χ4v) is 2.40. The number of nitrogens with one attached hydrogen (secondary N) is 1. The minimum atomic E-state index is 0.248. The molecule has 0 amide bonds. The van der Waals surface area contributed by atoms with Gasteiger partial charge in [0.05, 0.1) is 0 Å². The number of rotatable bonds is 6. The summed E-state index contributed by atoms with van der Waals surface area (Å²) in [5.41, 5.74) is 5.71. The zero-order chi connectivity index (χ0) is 14.4. The lowest BCUT2D eigenvalue weighted by Crippen LogP contribution is -2.40. The van der Waals surface area contributed by atoms with Crippen LogP contribution >= 0.6 is 0 Å². The van der Waals surface area contributed by atoms with Crippen LogP contribution < -0.4 is 15.8 Å². The van der Waals surface area contributed by atoms with Crippen LogP contribution in [0.4, 0.5) is 11.8 Å². The van der Waals surface area contributed by atoms with E-state index in [0.29, 0.717) is 18.5 Å². The van der Waals surface area contributed by atoms with E-state index in [1.54, 1.807) is 0 Å². The molecule has 2 heterocycles. The van der Waals surface area contributed by atoms with Gasteiger partial charge < -0.3 is 20.7 Å². The van der Waals surface area contributed by atoms with Crippen molar-refractivity contribution in [1.29, 1.82) is 0 Å². The van der Waals surface area contributed by atoms with E-state index < -0.39 is 0 Å². The third-order valence-corrected chi connectivity index (χ3v) is 3.62. The predicted octanol–water partition coefficient (Wildman–Crippen LogP) is 1.74. The van der Waals surface area contributed by atoms with Gasteiger partial charge in [-0.3, -0.25) is 0 Å². The van der Waals surface area contributed by atoms with Crippen molar-refractivity contribution >= 4 is 11.8 Å². The van der Waals surface area contributed by atoms with Crippen LogP contribution in [0.3, 0.4) is 0 Å². The number of likely N-dealkylation sites (tertiary alicyclic amines) is 1. The van der Waals surface area contributed by atoms with Gasteiger partial charge in [-0.05, 0) is 32.9 Å². The average Bonchev–Trinajstić information content (AvgIpc) is 2.44. The standard InChI is InChI=1S/C14H25N5O/c1-3-7-16-12-9-13(18-14(15)17-12)20-10-11-6-4-5-8-19(11)2/h9,11H,3-8,10H2,1-2H3,(H3,15,16,17,18). The number of hydrogen-bond acceptors (Lipinski definition) is 6. The number of nitrogens with zero attached hydrogens (tertiary/aromatic N) is 3. The Balaban J connectivity index is 1.92. The van der Waals surface area contributed by atoms with E-state index in [1.807, 2.05) is 6.07 Å².